The molecule has 2 aromatic carbocycles. The average molecular weight is 271 g/mol. The molecule has 0 saturated heterocycles. The Morgan fingerprint density at radius 3 is 2.25 bits per heavy atom. The van der Waals surface area contributed by atoms with Crippen LogP contribution >= 0.6 is 0 Å². The molecule has 2 rings (SSSR count). The fraction of sp³-hybridized carbons (Fsp3) is 0.0714. The van der Waals surface area contributed by atoms with Crippen molar-refractivity contribution in [2.45, 2.75) is 6.42 Å². The van der Waals surface area contributed by atoms with Crippen LogP contribution in [0.25, 0.3) is 0 Å². The molecule has 0 aliphatic rings. The number of nitro benzene ring substituents is 2. The van der Waals surface area contributed by atoms with Crippen molar-refractivity contribution in [3.8, 4) is 0 Å². The van der Waals surface area contributed by atoms with Gasteiger partial charge in [0, 0.05) is 11.6 Å². The Labute approximate surface area is 115 Å². The van der Waals surface area contributed by atoms with Crippen LogP contribution in [0.5, 0.6) is 0 Å². The predicted octanol–water partition coefficient (Wildman–Crippen LogP) is 3.30. The first-order chi connectivity index (χ1) is 9.58. The van der Waals surface area contributed by atoms with Crippen LogP contribution in [-0.2, 0) is 6.42 Å². The first kappa shape index (κ1) is 13.7. The lowest BCUT2D eigenvalue weighted by molar-refractivity contribution is -0.394. The lowest BCUT2D eigenvalue weighted by Gasteiger charge is -2.03. The third kappa shape index (κ3) is 3.17. The highest BCUT2D eigenvalue weighted by Crippen LogP contribution is 2.26. The van der Waals surface area contributed by atoms with Gasteiger partial charge in [-0.1, -0.05) is 30.3 Å². The summed E-state index contributed by atoms with van der Waals surface area (Å²) in [5.41, 5.74) is 0.885. The van der Waals surface area contributed by atoms with E-state index in [0.29, 0.717) is 12.0 Å². The van der Waals surface area contributed by atoms with E-state index in [1.54, 1.807) is 0 Å². The molecular weight excluding hydrogens is 260 g/mol. The van der Waals surface area contributed by atoms with Gasteiger partial charge in [0.2, 0.25) is 0 Å². The second-order valence-electron chi connectivity index (χ2n) is 4.15. The fourth-order valence-corrected chi connectivity index (χ4v) is 1.83. The van der Waals surface area contributed by atoms with E-state index < -0.39 is 9.85 Å². The van der Waals surface area contributed by atoms with E-state index in [-0.39, 0.29) is 11.4 Å². The summed E-state index contributed by atoms with van der Waals surface area (Å²) in [6.07, 6.45) is 2.19. The molecule has 6 nitrogen and oxygen atoms in total. The molecule has 1 radical (unpaired) electrons. The minimum atomic E-state index is -0.641. The van der Waals surface area contributed by atoms with Crippen LogP contribution < -0.4 is 0 Å². The molecule has 0 N–H and O–H groups in total. The maximum Gasteiger partial charge on any atom is 0.279 e. The lowest BCUT2D eigenvalue weighted by atomic mass is 10.0. The van der Waals surface area contributed by atoms with Gasteiger partial charge in [-0.15, -0.1) is 0 Å². The quantitative estimate of drug-likeness (QED) is 0.616. The van der Waals surface area contributed by atoms with Crippen LogP contribution in [0.15, 0.2) is 48.5 Å². The summed E-state index contributed by atoms with van der Waals surface area (Å²) in [4.78, 5) is 20.4. The highest BCUT2D eigenvalue weighted by Gasteiger charge is 2.18. The molecule has 20 heavy (non-hydrogen) atoms. The number of benzene rings is 2. The molecule has 0 bridgehead atoms. The van der Waals surface area contributed by atoms with Gasteiger partial charge in [0.15, 0.2) is 0 Å². The molecule has 0 amide bonds. The van der Waals surface area contributed by atoms with E-state index in [9.17, 15) is 20.2 Å². The third-order valence-corrected chi connectivity index (χ3v) is 2.83. The van der Waals surface area contributed by atoms with E-state index in [4.69, 9.17) is 0 Å². The molecular formula is C14H11N2O4. The standard InChI is InChI=1S/C14H11N2O4/c17-15(18)13-9-8-12(14(10-13)16(19)20)7-6-11-4-2-1-3-5-11/h1-6,8-10H,7H2. The molecule has 101 valence electrons. The summed E-state index contributed by atoms with van der Waals surface area (Å²) in [6.45, 7) is 0. The Morgan fingerprint density at radius 1 is 0.950 bits per heavy atom. The van der Waals surface area contributed by atoms with Crippen molar-refractivity contribution in [3.63, 3.8) is 0 Å². The molecule has 6 heteroatoms. The number of nitrogens with zero attached hydrogens (tertiary/aromatic N) is 2. The van der Waals surface area contributed by atoms with Crippen LogP contribution in [-0.4, -0.2) is 9.85 Å². The molecule has 0 aliphatic heterocycles. The number of non-ortho nitro benzene ring substituents is 1. The van der Waals surface area contributed by atoms with Gasteiger partial charge in [0.25, 0.3) is 11.4 Å². The third-order valence-electron chi connectivity index (χ3n) is 2.83. The van der Waals surface area contributed by atoms with Gasteiger partial charge in [0.1, 0.15) is 0 Å². The van der Waals surface area contributed by atoms with Crippen molar-refractivity contribution in [1.29, 1.82) is 0 Å². The van der Waals surface area contributed by atoms with Crippen LogP contribution in [0, 0.1) is 26.6 Å². The van der Waals surface area contributed by atoms with Crippen molar-refractivity contribution in [3.05, 3.63) is 86.3 Å². The molecule has 0 aliphatic carbocycles. The van der Waals surface area contributed by atoms with Crippen molar-refractivity contribution in [2.24, 2.45) is 0 Å². The van der Waals surface area contributed by atoms with Crippen molar-refractivity contribution < 1.29 is 9.85 Å². The maximum absolute atomic E-state index is 11.0. The van der Waals surface area contributed by atoms with Crippen molar-refractivity contribution in [2.75, 3.05) is 0 Å². The number of nitro groups is 2. The monoisotopic (exact) mass is 271 g/mol. The van der Waals surface area contributed by atoms with Gasteiger partial charge >= 0.3 is 0 Å². The van der Waals surface area contributed by atoms with Gasteiger partial charge in [-0.3, -0.25) is 20.2 Å². The van der Waals surface area contributed by atoms with Gasteiger partial charge in [-0.05, 0) is 24.5 Å². The zero-order valence-electron chi connectivity index (χ0n) is 10.4. The highest BCUT2D eigenvalue weighted by molar-refractivity contribution is 5.50. The van der Waals surface area contributed by atoms with Crippen molar-refractivity contribution in [1.82, 2.24) is 0 Å². The van der Waals surface area contributed by atoms with Gasteiger partial charge < -0.3 is 0 Å². The second-order valence-corrected chi connectivity index (χ2v) is 4.15. The summed E-state index contributed by atoms with van der Waals surface area (Å²) < 4.78 is 0. The van der Waals surface area contributed by atoms with Crippen LogP contribution in [0.3, 0.4) is 0 Å². The first-order valence-corrected chi connectivity index (χ1v) is 5.88. The summed E-state index contributed by atoms with van der Waals surface area (Å²) in [7, 11) is 0. The van der Waals surface area contributed by atoms with Crippen molar-refractivity contribution >= 4 is 11.4 Å². The second kappa shape index (κ2) is 5.92. The normalized spacial score (nSPS) is 10.2. The Morgan fingerprint density at radius 2 is 1.65 bits per heavy atom. The molecule has 2 aromatic rings. The number of hydrogen-bond acceptors (Lipinski definition) is 4. The minimum absolute atomic E-state index is 0.230. The largest absolute Gasteiger partial charge is 0.279 e. The van der Waals surface area contributed by atoms with Crippen LogP contribution in [0.1, 0.15) is 11.1 Å². The highest BCUT2D eigenvalue weighted by atomic mass is 16.6. The number of rotatable bonds is 5. The zero-order chi connectivity index (χ0) is 14.5. The number of hydrogen-bond donors (Lipinski definition) is 0. The fourth-order valence-electron chi connectivity index (χ4n) is 1.83. The average Bonchev–Trinajstić information content (AvgIpc) is 2.45. The summed E-state index contributed by atoms with van der Waals surface area (Å²) in [5.74, 6) is 0. The Balaban J connectivity index is 2.23. The first-order valence-electron chi connectivity index (χ1n) is 5.88. The van der Waals surface area contributed by atoms with Crippen LogP contribution in [0.2, 0.25) is 0 Å². The van der Waals surface area contributed by atoms with Gasteiger partial charge in [-0.25, -0.2) is 0 Å². The molecule has 0 heterocycles. The SMILES string of the molecule is O=[N+]([O-])c1ccc(C[CH]c2ccccc2)c([N+](=O)[O-])c1. The zero-order valence-corrected chi connectivity index (χ0v) is 10.4. The van der Waals surface area contributed by atoms with E-state index in [2.05, 4.69) is 0 Å². The Bertz CT molecular complexity index is 641. The predicted molar refractivity (Wildman–Crippen MR) is 73.3 cm³/mol. The van der Waals surface area contributed by atoms with E-state index in [0.717, 1.165) is 11.6 Å². The molecule has 0 saturated carbocycles. The van der Waals surface area contributed by atoms with E-state index >= 15 is 0 Å². The molecule has 0 atom stereocenters. The Kier molecular flexibility index (Phi) is 4.05. The molecule has 0 fully saturated rings. The van der Waals surface area contributed by atoms with Gasteiger partial charge in [0.05, 0.1) is 15.9 Å². The topological polar surface area (TPSA) is 86.3 Å². The summed E-state index contributed by atoms with van der Waals surface area (Å²) in [5, 5.41) is 21.6. The van der Waals surface area contributed by atoms with Gasteiger partial charge in [-0.2, -0.15) is 0 Å². The summed E-state index contributed by atoms with van der Waals surface area (Å²) in [6, 6.07) is 13.1. The smallest absolute Gasteiger partial charge is 0.258 e. The summed E-state index contributed by atoms with van der Waals surface area (Å²) >= 11 is 0. The molecule has 0 unspecified atom stereocenters. The maximum atomic E-state index is 11.0. The minimum Gasteiger partial charge on any atom is -0.258 e. The van der Waals surface area contributed by atoms with E-state index in [1.807, 2.05) is 36.8 Å². The Hall–Kier alpha value is -2.76. The molecule has 0 spiro atoms. The molecule has 0 aromatic heterocycles. The lowest BCUT2D eigenvalue weighted by Crippen LogP contribution is -1.98. The van der Waals surface area contributed by atoms with Crippen LogP contribution in [0.4, 0.5) is 11.4 Å². The van der Waals surface area contributed by atoms with E-state index in [1.165, 1.54) is 12.1 Å².